The largest absolute Gasteiger partial charge is 0.457 e. The highest BCUT2D eigenvalue weighted by Gasteiger charge is 2.29. The number of nitrogens with one attached hydrogen (secondary N) is 1. The van der Waals surface area contributed by atoms with Gasteiger partial charge in [-0.1, -0.05) is 36.4 Å². The van der Waals surface area contributed by atoms with Gasteiger partial charge < -0.3 is 10.1 Å². The van der Waals surface area contributed by atoms with E-state index in [1.54, 1.807) is 31.2 Å². The van der Waals surface area contributed by atoms with E-state index in [0.29, 0.717) is 22.9 Å². The Morgan fingerprint density at radius 1 is 0.871 bits per heavy atom. The van der Waals surface area contributed by atoms with Crippen LogP contribution in [-0.4, -0.2) is 26.6 Å². The zero-order valence-corrected chi connectivity index (χ0v) is 18.8. The van der Waals surface area contributed by atoms with Crippen molar-refractivity contribution in [2.45, 2.75) is 26.8 Å². The van der Waals surface area contributed by atoms with Crippen LogP contribution in [0.15, 0.2) is 72.8 Å². The summed E-state index contributed by atoms with van der Waals surface area (Å²) in [5.74, 6) is 0.833. The summed E-state index contributed by atoms with van der Waals surface area (Å²) in [5, 5.41) is 2.87. The lowest BCUT2D eigenvalue weighted by Gasteiger charge is -2.28. The minimum atomic E-state index is -3.71. The topological polar surface area (TPSA) is 75.7 Å². The Balaban J connectivity index is 1.84. The number of carbonyl (C=O) groups excluding carboxylic acids is 1. The molecule has 3 rings (SSSR count). The molecule has 1 atom stereocenters. The number of benzene rings is 3. The van der Waals surface area contributed by atoms with Crippen molar-refractivity contribution >= 4 is 27.3 Å². The van der Waals surface area contributed by atoms with E-state index in [0.717, 1.165) is 21.7 Å². The van der Waals surface area contributed by atoms with E-state index in [2.05, 4.69) is 5.32 Å². The van der Waals surface area contributed by atoms with Gasteiger partial charge in [0, 0.05) is 5.69 Å². The number of hydrogen-bond acceptors (Lipinski definition) is 4. The molecule has 0 spiro atoms. The molecule has 3 aromatic rings. The van der Waals surface area contributed by atoms with E-state index in [9.17, 15) is 13.2 Å². The predicted octanol–water partition coefficient (Wildman–Crippen LogP) is 4.89. The Kier molecular flexibility index (Phi) is 6.65. The minimum absolute atomic E-state index is 0.382. The van der Waals surface area contributed by atoms with E-state index in [1.807, 2.05) is 62.4 Å². The molecule has 0 saturated carbocycles. The second kappa shape index (κ2) is 9.22. The molecule has 31 heavy (non-hydrogen) atoms. The number of para-hydroxylation sites is 2. The van der Waals surface area contributed by atoms with Crippen molar-refractivity contribution in [1.29, 1.82) is 0 Å². The van der Waals surface area contributed by atoms with Crippen LogP contribution in [0.25, 0.3) is 0 Å². The van der Waals surface area contributed by atoms with Crippen LogP contribution in [0.4, 0.5) is 11.4 Å². The van der Waals surface area contributed by atoms with Gasteiger partial charge in [-0.15, -0.1) is 0 Å². The maximum Gasteiger partial charge on any atom is 0.248 e. The fraction of sp³-hybridized carbons (Fsp3) is 0.208. The summed E-state index contributed by atoms with van der Waals surface area (Å²) in [6.07, 6.45) is 1.09. The third-order valence-corrected chi connectivity index (χ3v) is 6.13. The molecule has 162 valence electrons. The fourth-order valence-electron chi connectivity index (χ4n) is 3.33. The molecule has 1 unspecified atom stereocenters. The van der Waals surface area contributed by atoms with Crippen molar-refractivity contribution in [3.63, 3.8) is 0 Å². The lowest BCUT2D eigenvalue weighted by atomic mass is 10.1. The molecular weight excluding hydrogens is 412 g/mol. The van der Waals surface area contributed by atoms with Crippen molar-refractivity contribution in [3.8, 4) is 11.5 Å². The van der Waals surface area contributed by atoms with Crippen LogP contribution in [0, 0.1) is 13.8 Å². The van der Waals surface area contributed by atoms with Gasteiger partial charge >= 0.3 is 0 Å². The van der Waals surface area contributed by atoms with Crippen molar-refractivity contribution in [3.05, 3.63) is 83.9 Å². The maximum absolute atomic E-state index is 12.9. The Labute approximate surface area is 183 Å². The quantitative estimate of drug-likeness (QED) is 0.570. The SMILES string of the molecule is Cc1cccc(C)c1NC(=O)C(C)N(c1ccc(Oc2ccccc2)cc1)S(C)(=O)=O. The maximum atomic E-state index is 12.9. The molecule has 6 nitrogen and oxygen atoms in total. The first-order valence-electron chi connectivity index (χ1n) is 9.86. The molecule has 1 N–H and O–H groups in total. The predicted molar refractivity (Wildman–Crippen MR) is 124 cm³/mol. The zero-order chi connectivity index (χ0) is 22.6. The van der Waals surface area contributed by atoms with Gasteiger partial charge in [-0.05, 0) is 68.3 Å². The Hall–Kier alpha value is -3.32. The number of anilines is 2. The average Bonchev–Trinajstić information content (AvgIpc) is 2.72. The van der Waals surface area contributed by atoms with Gasteiger partial charge in [0.15, 0.2) is 0 Å². The molecule has 0 radical (unpaired) electrons. The second-order valence-electron chi connectivity index (χ2n) is 7.40. The van der Waals surface area contributed by atoms with Crippen LogP contribution >= 0.6 is 0 Å². The average molecular weight is 439 g/mol. The van der Waals surface area contributed by atoms with Crippen molar-refractivity contribution in [2.24, 2.45) is 0 Å². The first-order valence-corrected chi connectivity index (χ1v) is 11.7. The lowest BCUT2D eigenvalue weighted by molar-refractivity contribution is -0.116. The molecule has 0 aromatic heterocycles. The Morgan fingerprint density at radius 3 is 1.97 bits per heavy atom. The first kappa shape index (κ1) is 22.4. The van der Waals surface area contributed by atoms with Crippen LogP contribution < -0.4 is 14.4 Å². The molecule has 1 amide bonds. The van der Waals surface area contributed by atoms with Crippen molar-refractivity contribution in [2.75, 3.05) is 15.9 Å². The van der Waals surface area contributed by atoms with Gasteiger partial charge in [-0.25, -0.2) is 8.42 Å². The van der Waals surface area contributed by atoms with E-state index in [4.69, 9.17) is 4.74 Å². The molecular formula is C24H26N2O4S. The first-order chi connectivity index (χ1) is 14.7. The number of nitrogens with zero attached hydrogens (tertiary/aromatic N) is 1. The van der Waals surface area contributed by atoms with E-state index >= 15 is 0 Å². The van der Waals surface area contributed by atoms with Gasteiger partial charge in [0.05, 0.1) is 11.9 Å². The summed E-state index contributed by atoms with van der Waals surface area (Å²) >= 11 is 0. The lowest BCUT2D eigenvalue weighted by Crippen LogP contribution is -2.45. The number of aryl methyl sites for hydroxylation is 2. The molecule has 0 bridgehead atoms. The number of hydrogen-bond donors (Lipinski definition) is 1. The van der Waals surface area contributed by atoms with E-state index < -0.39 is 22.0 Å². The van der Waals surface area contributed by atoms with Gasteiger partial charge in [-0.2, -0.15) is 0 Å². The molecule has 7 heteroatoms. The monoisotopic (exact) mass is 438 g/mol. The fourth-order valence-corrected chi connectivity index (χ4v) is 4.51. The number of ether oxygens (including phenoxy) is 1. The molecule has 0 aliphatic carbocycles. The summed E-state index contributed by atoms with van der Waals surface area (Å²) in [4.78, 5) is 12.9. The van der Waals surface area contributed by atoms with Crippen molar-refractivity contribution in [1.82, 2.24) is 0 Å². The van der Waals surface area contributed by atoms with E-state index in [-0.39, 0.29) is 0 Å². The highest BCUT2D eigenvalue weighted by molar-refractivity contribution is 7.92. The summed E-state index contributed by atoms with van der Waals surface area (Å²) in [5.41, 5.74) is 2.90. The molecule has 0 aliphatic heterocycles. The third-order valence-electron chi connectivity index (χ3n) is 4.89. The van der Waals surface area contributed by atoms with Crippen molar-refractivity contribution < 1.29 is 17.9 Å². The summed E-state index contributed by atoms with van der Waals surface area (Å²) in [7, 11) is -3.71. The van der Waals surface area contributed by atoms with Gasteiger partial charge in [-0.3, -0.25) is 9.10 Å². The summed E-state index contributed by atoms with van der Waals surface area (Å²) in [6.45, 7) is 5.36. The van der Waals surface area contributed by atoms with Gasteiger partial charge in [0.2, 0.25) is 15.9 Å². The number of amides is 1. The van der Waals surface area contributed by atoms with Crippen LogP contribution in [0.5, 0.6) is 11.5 Å². The highest BCUT2D eigenvalue weighted by atomic mass is 32.2. The van der Waals surface area contributed by atoms with Crippen LogP contribution in [0.1, 0.15) is 18.1 Å². The van der Waals surface area contributed by atoms with Gasteiger partial charge in [0.1, 0.15) is 17.5 Å². The number of carbonyl (C=O) groups is 1. The second-order valence-corrected chi connectivity index (χ2v) is 9.26. The normalized spacial score (nSPS) is 12.1. The molecule has 0 fully saturated rings. The van der Waals surface area contributed by atoms with E-state index in [1.165, 1.54) is 0 Å². The van der Waals surface area contributed by atoms with Gasteiger partial charge in [0.25, 0.3) is 0 Å². The van der Waals surface area contributed by atoms with Crippen LogP contribution in [0.2, 0.25) is 0 Å². The zero-order valence-electron chi connectivity index (χ0n) is 18.0. The Bertz CT molecular complexity index is 1140. The highest BCUT2D eigenvalue weighted by Crippen LogP contribution is 2.28. The third kappa shape index (κ3) is 5.44. The summed E-state index contributed by atoms with van der Waals surface area (Å²) in [6, 6.07) is 20.6. The van der Waals surface area contributed by atoms with Crippen LogP contribution in [0.3, 0.4) is 0 Å². The minimum Gasteiger partial charge on any atom is -0.457 e. The molecule has 0 saturated heterocycles. The number of rotatable bonds is 7. The molecule has 0 aliphatic rings. The molecule has 0 heterocycles. The molecule has 3 aromatic carbocycles. The summed E-state index contributed by atoms with van der Waals surface area (Å²) < 4.78 is 32.0. The standard InChI is InChI=1S/C24H26N2O4S/c1-17-9-8-10-18(2)23(17)25-24(27)19(3)26(31(4,28)29)20-13-15-22(16-14-20)30-21-11-6-5-7-12-21/h5-16,19H,1-4H3,(H,25,27). The number of sulfonamides is 1. The Morgan fingerprint density at radius 2 is 1.42 bits per heavy atom. The smallest absolute Gasteiger partial charge is 0.248 e. The van der Waals surface area contributed by atoms with Crippen LogP contribution in [-0.2, 0) is 14.8 Å².